The monoisotopic (exact) mass is 586 g/mol. The lowest BCUT2D eigenvalue weighted by atomic mass is 9.85. The third-order valence-corrected chi connectivity index (χ3v) is 9.48. The molecular formula is C44H26O2. The molecule has 2 nitrogen and oxygen atoms in total. The maximum absolute atomic E-state index is 6.63. The Hall–Kier alpha value is -6.12. The van der Waals surface area contributed by atoms with Crippen LogP contribution in [0.4, 0.5) is 0 Å². The zero-order chi connectivity index (χ0) is 30.2. The summed E-state index contributed by atoms with van der Waals surface area (Å²) in [5.41, 5.74) is 10.6. The van der Waals surface area contributed by atoms with E-state index in [1.807, 2.05) is 12.1 Å². The van der Waals surface area contributed by atoms with E-state index in [1.165, 1.54) is 43.8 Å². The molecule has 0 amide bonds. The Morgan fingerprint density at radius 1 is 0.304 bits per heavy atom. The van der Waals surface area contributed by atoms with Crippen LogP contribution in [-0.2, 0) is 0 Å². The van der Waals surface area contributed by atoms with E-state index in [0.29, 0.717) is 0 Å². The lowest BCUT2D eigenvalue weighted by Crippen LogP contribution is -1.91. The molecule has 0 N–H and O–H groups in total. The molecule has 0 aliphatic carbocycles. The van der Waals surface area contributed by atoms with E-state index in [2.05, 4.69) is 146 Å². The van der Waals surface area contributed by atoms with Crippen LogP contribution in [0.5, 0.6) is 0 Å². The molecule has 0 atom stereocenters. The van der Waals surface area contributed by atoms with Gasteiger partial charge >= 0.3 is 0 Å². The highest BCUT2D eigenvalue weighted by atomic mass is 16.3. The quantitative estimate of drug-likeness (QED) is 0.193. The van der Waals surface area contributed by atoms with Crippen LogP contribution in [0.2, 0.25) is 0 Å². The van der Waals surface area contributed by atoms with Crippen LogP contribution in [0, 0.1) is 0 Å². The van der Waals surface area contributed by atoms with Gasteiger partial charge in [0.25, 0.3) is 0 Å². The summed E-state index contributed by atoms with van der Waals surface area (Å²) >= 11 is 0. The van der Waals surface area contributed by atoms with Gasteiger partial charge in [0.1, 0.15) is 22.3 Å². The van der Waals surface area contributed by atoms with E-state index in [9.17, 15) is 0 Å². The fourth-order valence-corrected chi connectivity index (χ4v) is 7.51. The molecule has 0 radical (unpaired) electrons. The van der Waals surface area contributed by atoms with Crippen molar-refractivity contribution in [3.63, 3.8) is 0 Å². The van der Waals surface area contributed by atoms with Crippen molar-refractivity contribution in [1.29, 1.82) is 0 Å². The second-order valence-electron chi connectivity index (χ2n) is 12.0. The van der Waals surface area contributed by atoms with Crippen molar-refractivity contribution < 1.29 is 8.83 Å². The molecule has 8 aromatic carbocycles. The Morgan fingerprint density at radius 2 is 0.891 bits per heavy atom. The molecule has 2 heterocycles. The number of furan rings is 2. The van der Waals surface area contributed by atoms with E-state index in [1.54, 1.807) is 0 Å². The van der Waals surface area contributed by atoms with E-state index in [0.717, 1.165) is 55.0 Å². The molecule has 0 saturated carbocycles. The Labute approximate surface area is 264 Å². The molecule has 0 aliphatic heterocycles. The molecule has 214 valence electrons. The third-order valence-electron chi connectivity index (χ3n) is 9.48. The van der Waals surface area contributed by atoms with Gasteiger partial charge in [-0.05, 0) is 73.6 Å². The van der Waals surface area contributed by atoms with E-state index < -0.39 is 0 Å². The first-order valence-corrected chi connectivity index (χ1v) is 15.7. The average molecular weight is 587 g/mol. The molecule has 10 rings (SSSR count). The van der Waals surface area contributed by atoms with Crippen molar-refractivity contribution in [2.45, 2.75) is 0 Å². The zero-order valence-electron chi connectivity index (χ0n) is 24.8. The lowest BCUT2D eigenvalue weighted by Gasteiger charge is -2.18. The summed E-state index contributed by atoms with van der Waals surface area (Å²) in [5, 5.41) is 9.44. The van der Waals surface area contributed by atoms with Gasteiger partial charge in [-0.2, -0.15) is 0 Å². The number of para-hydroxylation sites is 2. The Balaban J connectivity index is 1.24. The molecular weight excluding hydrogens is 560 g/mol. The number of benzene rings is 8. The zero-order valence-corrected chi connectivity index (χ0v) is 24.8. The minimum absolute atomic E-state index is 0.864. The van der Waals surface area contributed by atoms with Crippen LogP contribution in [0.15, 0.2) is 167 Å². The maximum atomic E-state index is 6.63. The van der Waals surface area contributed by atoms with Crippen molar-refractivity contribution in [3.8, 4) is 33.4 Å². The fourth-order valence-electron chi connectivity index (χ4n) is 7.51. The van der Waals surface area contributed by atoms with Crippen molar-refractivity contribution in [3.05, 3.63) is 158 Å². The Kier molecular flexibility index (Phi) is 5.31. The number of hydrogen-bond donors (Lipinski definition) is 0. The van der Waals surface area contributed by atoms with Gasteiger partial charge in [0.15, 0.2) is 0 Å². The number of hydrogen-bond acceptors (Lipinski definition) is 2. The molecule has 10 aromatic rings. The molecule has 0 fully saturated rings. The summed E-state index contributed by atoms with van der Waals surface area (Å²) in [7, 11) is 0. The van der Waals surface area contributed by atoms with Gasteiger partial charge in [0.05, 0.1) is 0 Å². The molecule has 0 unspecified atom stereocenters. The minimum Gasteiger partial charge on any atom is -0.456 e. The summed E-state index contributed by atoms with van der Waals surface area (Å²) in [6.45, 7) is 0. The van der Waals surface area contributed by atoms with Gasteiger partial charge < -0.3 is 8.83 Å². The topological polar surface area (TPSA) is 26.3 Å². The molecule has 46 heavy (non-hydrogen) atoms. The lowest BCUT2D eigenvalue weighted by molar-refractivity contribution is 0.668. The standard InChI is InChI=1S/C44H26O2/c1-2-12-27(13-3-1)41-31-15-4-6-17-33(31)42(34-18-7-5-16-32(34)41)37-21-11-23-39-43(37)36-25-24-28(26-40(36)45-39)29-19-10-20-35-30-14-8-9-22-38(30)46-44(29)35/h1-26H. The molecule has 0 aliphatic rings. The van der Waals surface area contributed by atoms with Crippen LogP contribution < -0.4 is 0 Å². The highest BCUT2D eigenvalue weighted by Gasteiger charge is 2.21. The highest BCUT2D eigenvalue weighted by Crippen LogP contribution is 2.47. The predicted octanol–water partition coefficient (Wildman–Crippen LogP) is 12.8. The number of rotatable bonds is 3. The fraction of sp³-hybridized carbons (Fsp3) is 0. The van der Waals surface area contributed by atoms with Crippen LogP contribution in [0.25, 0.3) is 98.8 Å². The first kappa shape index (κ1) is 25.2. The molecule has 0 spiro atoms. The first-order chi connectivity index (χ1) is 22.8. The smallest absolute Gasteiger partial charge is 0.143 e. The summed E-state index contributed by atoms with van der Waals surface area (Å²) < 4.78 is 13.0. The summed E-state index contributed by atoms with van der Waals surface area (Å²) in [5.74, 6) is 0. The summed E-state index contributed by atoms with van der Waals surface area (Å²) in [6, 6.07) is 56.0. The molecule has 0 bridgehead atoms. The van der Waals surface area contributed by atoms with Gasteiger partial charge in [-0.3, -0.25) is 0 Å². The van der Waals surface area contributed by atoms with Crippen molar-refractivity contribution in [2.75, 3.05) is 0 Å². The average Bonchev–Trinajstić information content (AvgIpc) is 3.69. The SMILES string of the molecule is c1ccc(-c2c3ccccc3c(-c3cccc4oc5cc(-c6cccc7c6oc6ccccc67)ccc5c34)c3ccccc23)cc1. The largest absolute Gasteiger partial charge is 0.456 e. The second kappa shape index (κ2) is 9.69. The van der Waals surface area contributed by atoms with Gasteiger partial charge in [-0.1, -0.05) is 133 Å². The summed E-state index contributed by atoms with van der Waals surface area (Å²) in [4.78, 5) is 0. The third kappa shape index (κ3) is 3.59. The van der Waals surface area contributed by atoms with Crippen LogP contribution >= 0.6 is 0 Å². The summed E-state index contributed by atoms with van der Waals surface area (Å²) in [6.07, 6.45) is 0. The highest BCUT2D eigenvalue weighted by molar-refractivity contribution is 6.25. The van der Waals surface area contributed by atoms with E-state index in [-0.39, 0.29) is 0 Å². The molecule has 2 aromatic heterocycles. The van der Waals surface area contributed by atoms with Gasteiger partial charge in [-0.15, -0.1) is 0 Å². The van der Waals surface area contributed by atoms with Crippen molar-refractivity contribution >= 4 is 65.4 Å². The van der Waals surface area contributed by atoms with Crippen LogP contribution in [0.1, 0.15) is 0 Å². The normalized spacial score (nSPS) is 11.9. The first-order valence-electron chi connectivity index (χ1n) is 15.7. The van der Waals surface area contributed by atoms with Crippen molar-refractivity contribution in [2.24, 2.45) is 0 Å². The van der Waals surface area contributed by atoms with E-state index >= 15 is 0 Å². The van der Waals surface area contributed by atoms with Crippen LogP contribution in [-0.4, -0.2) is 0 Å². The van der Waals surface area contributed by atoms with Gasteiger partial charge in [-0.25, -0.2) is 0 Å². The predicted molar refractivity (Wildman–Crippen MR) is 192 cm³/mol. The van der Waals surface area contributed by atoms with E-state index in [4.69, 9.17) is 8.83 Å². The Morgan fingerprint density at radius 3 is 1.65 bits per heavy atom. The maximum Gasteiger partial charge on any atom is 0.143 e. The second-order valence-corrected chi connectivity index (χ2v) is 12.0. The molecule has 2 heteroatoms. The van der Waals surface area contributed by atoms with Gasteiger partial charge in [0.2, 0.25) is 0 Å². The number of fused-ring (bicyclic) bond motifs is 8. The van der Waals surface area contributed by atoms with Crippen molar-refractivity contribution in [1.82, 2.24) is 0 Å². The minimum atomic E-state index is 0.864. The molecule has 0 saturated heterocycles. The van der Waals surface area contributed by atoms with Gasteiger partial charge in [0, 0.05) is 27.1 Å². The Bertz CT molecular complexity index is 2740. The van der Waals surface area contributed by atoms with Crippen LogP contribution in [0.3, 0.4) is 0 Å².